The van der Waals surface area contributed by atoms with Crippen molar-refractivity contribution >= 4 is 5.91 Å². The van der Waals surface area contributed by atoms with Crippen LogP contribution in [0.4, 0.5) is 0 Å². The highest BCUT2D eigenvalue weighted by molar-refractivity contribution is 5.76. The van der Waals surface area contributed by atoms with Crippen LogP contribution in [0.25, 0.3) is 11.4 Å². The predicted octanol–water partition coefficient (Wildman–Crippen LogP) is 4.21. The molecule has 0 bridgehead atoms. The molecule has 1 heterocycles. The molecule has 3 rings (SSSR count). The number of carbonyl (C=O) groups excluding carboxylic acids is 1. The van der Waals surface area contributed by atoms with Gasteiger partial charge in [-0.1, -0.05) is 49.3 Å². The van der Waals surface area contributed by atoms with Gasteiger partial charge in [-0.3, -0.25) is 4.79 Å². The molecule has 0 fully saturated rings. The fraction of sp³-hybridized carbons (Fsp3) is 0.375. The van der Waals surface area contributed by atoms with Crippen molar-refractivity contribution in [1.82, 2.24) is 15.5 Å². The number of carbonyl (C=O) groups is 1. The van der Waals surface area contributed by atoms with Gasteiger partial charge in [-0.2, -0.15) is 4.98 Å². The van der Waals surface area contributed by atoms with Crippen molar-refractivity contribution in [2.75, 3.05) is 21.3 Å². The minimum atomic E-state index is -0.452. The molecule has 1 N–H and O–H groups in total. The highest BCUT2D eigenvalue weighted by Gasteiger charge is 2.24. The number of hydrogen-bond donors (Lipinski definition) is 1. The largest absolute Gasteiger partial charge is 0.493 e. The molecule has 0 radical (unpaired) electrons. The fourth-order valence-electron chi connectivity index (χ4n) is 3.38. The quantitative estimate of drug-likeness (QED) is 0.505. The first-order valence-corrected chi connectivity index (χ1v) is 10.4. The van der Waals surface area contributed by atoms with Crippen LogP contribution >= 0.6 is 0 Å². The molecule has 8 nitrogen and oxygen atoms in total. The summed E-state index contributed by atoms with van der Waals surface area (Å²) in [5.74, 6) is 2.31. The lowest BCUT2D eigenvalue weighted by Crippen LogP contribution is -2.31. The molecular weight excluding hydrogens is 410 g/mol. The van der Waals surface area contributed by atoms with Crippen LogP contribution in [-0.2, 0) is 11.2 Å². The molecule has 0 saturated heterocycles. The van der Waals surface area contributed by atoms with Crippen LogP contribution in [0.2, 0.25) is 0 Å². The van der Waals surface area contributed by atoms with E-state index in [1.54, 1.807) is 33.5 Å². The minimum absolute atomic E-state index is 0.0616. The maximum Gasteiger partial charge on any atom is 0.249 e. The average Bonchev–Trinajstić information content (AvgIpc) is 3.28. The van der Waals surface area contributed by atoms with Crippen molar-refractivity contribution < 1.29 is 23.5 Å². The van der Waals surface area contributed by atoms with Crippen LogP contribution in [0, 0.1) is 5.92 Å². The average molecular weight is 440 g/mol. The Bertz CT molecular complexity index is 1010. The van der Waals surface area contributed by atoms with Gasteiger partial charge in [0, 0.05) is 18.4 Å². The summed E-state index contributed by atoms with van der Waals surface area (Å²) in [6, 6.07) is 12.9. The summed E-state index contributed by atoms with van der Waals surface area (Å²) in [6.07, 6.45) is 0.945. The molecule has 0 aliphatic carbocycles. The van der Waals surface area contributed by atoms with Gasteiger partial charge < -0.3 is 24.1 Å². The maximum atomic E-state index is 12.5. The van der Waals surface area contributed by atoms with E-state index in [-0.39, 0.29) is 11.8 Å². The van der Waals surface area contributed by atoms with Gasteiger partial charge in [-0.05, 0) is 23.6 Å². The molecule has 1 amide bonds. The van der Waals surface area contributed by atoms with Crippen LogP contribution in [0.1, 0.15) is 37.8 Å². The van der Waals surface area contributed by atoms with Crippen molar-refractivity contribution in [3.8, 4) is 28.6 Å². The van der Waals surface area contributed by atoms with E-state index in [2.05, 4.69) is 15.5 Å². The zero-order valence-electron chi connectivity index (χ0n) is 19.0. The SMILES string of the molecule is COc1cc(-c2noc(C(Cc3ccccc3)NC(=O)CC(C)C)n2)cc(OC)c1OC. The summed E-state index contributed by atoms with van der Waals surface area (Å²) in [6.45, 7) is 4.00. The molecule has 0 aliphatic heterocycles. The fourth-order valence-corrected chi connectivity index (χ4v) is 3.38. The number of benzene rings is 2. The Morgan fingerprint density at radius 1 is 1.03 bits per heavy atom. The molecule has 1 unspecified atom stereocenters. The van der Waals surface area contributed by atoms with Crippen molar-refractivity contribution in [3.63, 3.8) is 0 Å². The zero-order valence-corrected chi connectivity index (χ0v) is 19.0. The minimum Gasteiger partial charge on any atom is -0.493 e. The second-order valence-corrected chi connectivity index (χ2v) is 7.78. The first-order chi connectivity index (χ1) is 15.4. The van der Waals surface area contributed by atoms with E-state index in [0.29, 0.717) is 47.4 Å². The highest BCUT2D eigenvalue weighted by atomic mass is 16.5. The normalized spacial score (nSPS) is 11.8. The summed E-state index contributed by atoms with van der Waals surface area (Å²) in [5.41, 5.74) is 1.69. The summed E-state index contributed by atoms with van der Waals surface area (Å²) < 4.78 is 21.8. The Hall–Kier alpha value is -3.55. The molecule has 170 valence electrons. The smallest absolute Gasteiger partial charge is 0.249 e. The highest BCUT2D eigenvalue weighted by Crippen LogP contribution is 2.40. The summed E-state index contributed by atoms with van der Waals surface area (Å²) >= 11 is 0. The van der Waals surface area contributed by atoms with Gasteiger partial charge in [0.1, 0.15) is 6.04 Å². The van der Waals surface area contributed by atoms with E-state index >= 15 is 0 Å². The molecule has 0 saturated carbocycles. The Morgan fingerprint density at radius 2 is 1.69 bits per heavy atom. The number of hydrogen-bond acceptors (Lipinski definition) is 7. The Labute approximate surface area is 187 Å². The van der Waals surface area contributed by atoms with E-state index in [9.17, 15) is 4.79 Å². The number of methoxy groups -OCH3 is 3. The molecule has 1 atom stereocenters. The molecule has 0 spiro atoms. The summed E-state index contributed by atoms with van der Waals surface area (Å²) in [5, 5.41) is 7.17. The van der Waals surface area contributed by atoms with E-state index in [1.165, 1.54) is 0 Å². The monoisotopic (exact) mass is 439 g/mol. The molecule has 32 heavy (non-hydrogen) atoms. The lowest BCUT2D eigenvalue weighted by Gasteiger charge is -2.16. The van der Waals surface area contributed by atoms with Crippen LogP contribution in [0.15, 0.2) is 47.0 Å². The van der Waals surface area contributed by atoms with Gasteiger partial charge in [-0.25, -0.2) is 0 Å². The standard InChI is InChI=1S/C24H29N3O5/c1-15(2)11-21(28)25-18(12-16-9-7-6-8-10-16)24-26-23(27-32-24)17-13-19(29-3)22(31-5)20(14-17)30-4/h6-10,13-15,18H,11-12H2,1-5H3,(H,25,28). The molecule has 1 aromatic heterocycles. The maximum absolute atomic E-state index is 12.5. The van der Waals surface area contributed by atoms with Gasteiger partial charge in [0.25, 0.3) is 0 Å². The Balaban J connectivity index is 1.93. The number of amides is 1. The third kappa shape index (κ3) is 5.57. The Morgan fingerprint density at radius 3 is 2.25 bits per heavy atom. The Kier molecular flexibility index (Phi) is 7.70. The lowest BCUT2D eigenvalue weighted by atomic mass is 10.0. The van der Waals surface area contributed by atoms with Crippen molar-refractivity contribution in [3.05, 3.63) is 53.9 Å². The van der Waals surface area contributed by atoms with Crippen LogP contribution in [0.5, 0.6) is 17.2 Å². The van der Waals surface area contributed by atoms with Gasteiger partial charge in [-0.15, -0.1) is 0 Å². The second kappa shape index (κ2) is 10.7. The van der Waals surface area contributed by atoms with Gasteiger partial charge in [0.05, 0.1) is 21.3 Å². The van der Waals surface area contributed by atoms with E-state index in [0.717, 1.165) is 5.56 Å². The van der Waals surface area contributed by atoms with E-state index in [1.807, 2.05) is 44.2 Å². The van der Waals surface area contributed by atoms with E-state index < -0.39 is 6.04 Å². The predicted molar refractivity (Wildman–Crippen MR) is 120 cm³/mol. The van der Waals surface area contributed by atoms with Crippen LogP contribution in [0.3, 0.4) is 0 Å². The number of nitrogens with zero attached hydrogens (tertiary/aromatic N) is 2. The molecule has 3 aromatic rings. The molecular formula is C24H29N3O5. The summed E-state index contributed by atoms with van der Waals surface area (Å²) in [7, 11) is 4.63. The van der Waals surface area contributed by atoms with Gasteiger partial charge >= 0.3 is 0 Å². The number of aromatic nitrogens is 2. The lowest BCUT2D eigenvalue weighted by molar-refractivity contribution is -0.122. The van der Waals surface area contributed by atoms with E-state index in [4.69, 9.17) is 18.7 Å². The van der Waals surface area contributed by atoms with Crippen LogP contribution in [-0.4, -0.2) is 37.4 Å². The first-order valence-electron chi connectivity index (χ1n) is 10.4. The van der Waals surface area contributed by atoms with Crippen molar-refractivity contribution in [2.24, 2.45) is 5.92 Å². The number of rotatable bonds is 10. The van der Waals surface area contributed by atoms with Crippen LogP contribution < -0.4 is 19.5 Å². The molecule has 0 aliphatic rings. The third-order valence-corrected chi connectivity index (χ3v) is 4.87. The van der Waals surface area contributed by atoms with Gasteiger partial charge in [0.2, 0.25) is 23.4 Å². The summed E-state index contributed by atoms with van der Waals surface area (Å²) in [4.78, 5) is 17.1. The topological polar surface area (TPSA) is 95.7 Å². The zero-order chi connectivity index (χ0) is 23.1. The van der Waals surface area contributed by atoms with Crippen molar-refractivity contribution in [2.45, 2.75) is 32.7 Å². The first kappa shape index (κ1) is 23.1. The molecule has 8 heteroatoms. The van der Waals surface area contributed by atoms with Gasteiger partial charge in [0.15, 0.2) is 11.5 Å². The number of ether oxygens (including phenoxy) is 3. The third-order valence-electron chi connectivity index (χ3n) is 4.87. The number of nitrogens with one attached hydrogen (secondary N) is 1. The second-order valence-electron chi connectivity index (χ2n) is 7.78. The molecule has 2 aromatic carbocycles. The van der Waals surface area contributed by atoms with Crippen molar-refractivity contribution in [1.29, 1.82) is 0 Å².